The van der Waals surface area contributed by atoms with Crippen molar-refractivity contribution in [2.45, 2.75) is 39.1 Å². The number of nitrogens with zero attached hydrogens (tertiary/aromatic N) is 3. The predicted octanol–water partition coefficient (Wildman–Crippen LogP) is 5.01. The van der Waals surface area contributed by atoms with Gasteiger partial charge < -0.3 is 14.3 Å². The van der Waals surface area contributed by atoms with Crippen molar-refractivity contribution in [1.29, 1.82) is 0 Å². The first-order valence-corrected chi connectivity index (χ1v) is 11.0. The van der Waals surface area contributed by atoms with Crippen molar-refractivity contribution in [3.8, 4) is 22.7 Å². The molecule has 0 spiro atoms. The number of nitrogens with one attached hydrogen (secondary N) is 1. The highest BCUT2D eigenvalue weighted by molar-refractivity contribution is 5.71. The van der Waals surface area contributed by atoms with Crippen LogP contribution in [0.15, 0.2) is 54.6 Å². The summed E-state index contributed by atoms with van der Waals surface area (Å²) in [6.45, 7) is 5.10. The van der Waals surface area contributed by atoms with Gasteiger partial charge in [-0.15, -0.1) is 0 Å². The molecule has 0 bridgehead atoms. The lowest BCUT2D eigenvalue weighted by atomic mass is 10.1. The van der Waals surface area contributed by atoms with Gasteiger partial charge in [-0.2, -0.15) is 18.3 Å². The molecule has 2 aromatic carbocycles. The average molecular weight is 505 g/mol. The van der Waals surface area contributed by atoms with Crippen molar-refractivity contribution >= 4 is 12.4 Å². The first-order chi connectivity index (χ1) is 16.9. The molecular formula is C25H27F3N4O4. The monoisotopic (exact) mass is 504 g/mol. The Bertz CT molecular complexity index is 1180. The Balaban J connectivity index is 1.83. The van der Waals surface area contributed by atoms with Crippen LogP contribution in [0.1, 0.15) is 32.0 Å². The number of alkyl halides is 3. The second-order valence-corrected chi connectivity index (χ2v) is 8.81. The molecule has 0 saturated heterocycles. The number of aromatic nitrogens is 2. The zero-order valence-corrected chi connectivity index (χ0v) is 20.3. The van der Waals surface area contributed by atoms with Gasteiger partial charge in [0.05, 0.1) is 25.0 Å². The molecule has 1 aromatic heterocycles. The second-order valence-electron chi connectivity index (χ2n) is 8.81. The van der Waals surface area contributed by atoms with Crippen LogP contribution in [0, 0.1) is 0 Å². The van der Waals surface area contributed by atoms with Gasteiger partial charge in [0.1, 0.15) is 17.6 Å². The third-order valence-corrected chi connectivity index (χ3v) is 4.91. The third-order valence-electron chi connectivity index (χ3n) is 4.91. The minimum Gasteiger partial charge on any atom is -0.497 e. The predicted molar refractivity (Wildman–Crippen MR) is 126 cm³/mol. The van der Waals surface area contributed by atoms with E-state index < -0.39 is 23.6 Å². The number of carbonyl (C=O) groups is 2. The van der Waals surface area contributed by atoms with Crippen LogP contribution in [0.25, 0.3) is 16.9 Å². The van der Waals surface area contributed by atoms with Crippen molar-refractivity contribution in [2.75, 3.05) is 13.7 Å². The van der Waals surface area contributed by atoms with Crippen LogP contribution in [0.5, 0.6) is 5.75 Å². The number of hydrogen-bond acceptors (Lipinski definition) is 6. The number of halogens is 3. The Kier molecular flexibility index (Phi) is 8.03. The molecule has 1 N–H and O–H groups in total. The zero-order valence-electron chi connectivity index (χ0n) is 20.3. The maximum absolute atomic E-state index is 13.4. The van der Waals surface area contributed by atoms with Crippen LogP contribution in [-0.2, 0) is 22.3 Å². The lowest BCUT2D eigenvalue weighted by molar-refractivity contribution is -0.141. The Morgan fingerprint density at radius 1 is 1.08 bits per heavy atom. The van der Waals surface area contributed by atoms with E-state index in [2.05, 4.69) is 10.5 Å². The number of rotatable bonds is 8. The summed E-state index contributed by atoms with van der Waals surface area (Å²) in [4.78, 5) is 23.2. The number of aldehydes is 1. The molecule has 0 aliphatic carbocycles. The fourth-order valence-corrected chi connectivity index (χ4v) is 3.22. The summed E-state index contributed by atoms with van der Waals surface area (Å²) >= 11 is 0. The summed E-state index contributed by atoms with van der Waals surface area (Å²) in [6, 6.07) is 14.2. The van der Waals surface area contributed by atoms with Gasteiger partial charge in [0, 0.05) is 12.1 Å². The lowest BCUT2D eigenvalue weighted by Gasteiger charge is -2.26. The number of amides is 1. The number of hydrogen-bond donors (Lipinski definition) is 1. The smallest absolute Gasteiger partial charge is 0.435 e. The van der Waals surface area contributed by atoms with E-state index in [1.54, 1.807) is 69.3 Å². The lowest BCUT2D eigenvalue weighted by Crippen LogP contribution is -2.46. The van der Waals surface area contributed by atoms with Gasteiger partial charge in [-0.05, 0) is 56.7 Å². The summed E-state index contributed by atoms with van der Waals surface area (Å²) in [7, 11) is 1.50. The maximum Gasteiger partial charge on any atom is 0.435 e. The molecule has 36 heavy (non-hydrogen) atoms. The maximum atomic E-state index is 13.4. The Hall–Kier alpha value is -3.86. The van der Waals surface area contributed by atoms with E-state index in [4.69, 9.17) is 9.47 Å². The SMILES string of the molecule is COc1ccc(-n2nc(C(F)(F)F)cc2-c2ccc(CNN(CC=O)C(=O)OC(C)(C)C)cc2)cc1. The van der Waals surface area contributed by atoms with Crippen LogP contribution < -0.4 is 10.2 Å². The molecule has 0 aliphatic rings. The van der Waals surface area contributed by atoms with Crippen molar-refractivity contribution in [1.82, 2.24) is 20.2 Å². The van der Waals surface area contributed by atoms with Crippen molar-refractivity contribution < 1.29 is 32.2 Å². The first kappa shape index (κ1) is 26.7. The van der Waals surface area contributed by atoms with Crippen LogP contribution in [-0.4, -0.2) is 46.4 Å². The molecule has 0 fully saturated rings. The quantitative estimate of drug-likeness (QED) is 0.343. The van der Waals surface area contributed by atoms with E-state index in [0.717, 1.165) is 16.6 Å². The van der Waals surface area contributed by atoms with Gasteiger partial charge in [0.2, 0.25) is 0 Å². The highest BCUT2D eigenvalue weighted by atomic mass is 19.4. The summed E-state index contributed by atoms with van der Waals surface area (Å²) in [5, 5.41) is 4.84. The highest BCUT2D eigenvalue weighted by Crippen LogP contribution is 2.33. The number of hydrazine groups is 1. The fraction of sp³-hybridized carbons (Fsp3) is 0.320. The van der Waals surface area contributed by atoms with Gasteiger partial charge >= 0.3 is 12.3 Å². The van der Waals surface area contributed by atoms with Gasteiger partial charge in [-0.3, -0.25) is 0 Å². The van der Waals surface area contributed by atoms with E-state index in [9.17, 15) is 22.8 Å². The van der Waals surface area contributed by atoms with Gasteiger partial charge in [-0.25, -0.2) is 19.9 Å². The molecular weight excluding hydrogens is 477 g/mol. The molecule has 0 unspecified atom stereocenters. The summed E-state index contributed by atoms with van der Waals surface area (Å²) in [5.74, 6) is 0.565. The topological polar surface area (TPSA) is 85.7 Å². The van der Waals surface area contributed by atoms with Gasteiger partial charge in [0.15, 0.2) is 5.69 Å². The van der Waals surface area contributed by atoms with Crippen LogP contribution in [0.4, 0.5) is 18.0 Å². The molecule has 192 valence electrons. The molecule has 0 atom stereocenters. The minimum absolute atomic E-state index is 0.179. The Labute approximate surface area is 206 Å². The van der Waals surface area contributed by atoms with Crippen LogP contribution in [0.3, 0.4) is 0 Å². The van der Waals surface area contributed by atoms with Crippen LogP contribution in [0.2, 0.25) is 0 Å². The van der Waals surface area contributed by atoms with Gasteiger partial charge in [0.25, 0.3) is 0 Å². The normalized spacial score (nSPS) is 11.8. The summed E-state index contributed by atoms with van der Waals surface area (Å²) in [5.41, 5.74) is 3.02. The number of carbonyl (C=O) groups excluding carboxylic acids is 2. The molecule has 1 amide bonds. The standard InChI is InChI=1S/C25H27F3N4O4/c1-24(2,3)36-23(34)31(13-14-33)29-16-17-5-7-18(8-6-17)21-15-22(25(26,27)28)30-32(21)19-9-11-20(35-4)12-10-19/h5-12,14-15,29H,13,16H2,1-4H3. The minimum atomic E-state index is -4.61. The largest absolute Gasteiger partial charge is 0.497 e. The third kappa shape index (κ3) is 6.85. The number of benzene rings is 2. The molecule has 0 aliphatic heterocycles. The van der Waals surface area contributed by atoms with Crippen molar-refractivity contribution in [2.24, 2.45) is 0 Å². The fourth-order valence-electron chi connectivity index (χ4n) is 3.22. The molecule has 11 heteroatoms. The number of ether oxygens (including phenoxy) is 2. The van der Waals surface area contributed by atoms with E-state index in [1.807, 2.05) is 0 Å². The van der Waals surface area contributed by atoms with Crippen molar-refractivity contribution in [3.63, 3.8) is 0 Å². The first-order valence-electron chi connectivity index (χ1n) is 11.0. The molecule has 3 rings (SSSR count). The highest BCUT2D eigenvalue weighted by Gasteiger charge is 2.35. The van der Waals surface area contributed by atoms with E-state index in [1.165, 1.54) is 11.8 Å². The molecule has 1 heterocycles. The van der Waals surface area contributed by atoms with Crippen molar-refractivity contribution in [3.05, 3.63) is 65.9 Å². The van der Waals surface area contributed by atoms with Crippen LogP contribution >= 0.6 is 0 Å². The zero-order chi connectivity index (χ0) is 26.5. The summed E-state index contributed by atoms with van der Waals surface area (Å²) < 4.78 is 51.9. The molecule has 0 radical (unpaired) electrons. The number of methoxy groups -OCH3 is 1. The van der Waals surface area contributed by atoms with Gasteiger partial charge in [-0.1, -0.05) is 24.3 Å². The van der Waals surface area contributed by atoms with E-state index >= 15 is 0 Å². The van der Waals surface area contributed by atoms with E-state index in [-0.39, 0.29) is 18.8 Å². The average Bonchev–Trinajstić information content (AvgIpc) is 3.27. The summed E-state index contributed by atoms with van der Waals surface area (Å²) in [6.07, 6.45) is -4.74. The Morgan fingerprint density at radius 2 is 1.72 bits per heavy atom. The Morgan fingerprint density at radius 3 is 2.25 bits per heavy atom. The van der Waals surface area contributed by atoms with E-state index in [0.29, 0.717) is 23.3 Å². The molecule has 0 saturated carbocycles. The molecule has 8 nitrogen and oxygen atoms in total. The second kappa shape index (κ2) is 10.8. The molecule has 3 aromatic rings.